The topological polar surface area (TPSA) is 20.2 Å². The van der Waals surface area contributed by atoms with Crippen molar-refractivity contribution < 1.29 is 18.1 Å². The summed E-state index contributed by atoms with van der Waals surface area (Å²) in [4.78, 5) is 0. The van der Waals surface area contributed by atoms with E-state index in [4.69, 9.17) is 5.11 Å². The van der Waals surface area contributed by atoms with E-state index in [-0.39, 0.29) is 25.4 Å². The summed E-state index contributed by atoms with van der Waals surface area (Å²) >= 11 is 0. The molecule has 1 rings (SSSR count). The number of hydrogen-bond acceptors (Lipinski definition) is 1. The highest BCUT2D eigenvalue weighted by molar-refractivity contribution is 6.60. The summed E-state index contributed by atoms with van der Waals surface area (Å²) in [7, 11) is 0. The lowest BCUT2D eigenvalue weighted by Crippen LogP contribution is -2.36. The van der Waals surface area contributed by atoms with Gasteiger partial charge in [-0.25, -0.2) is 0 Å². The molecule has 60 valence electrons. The van der Waals surface area contributed by atoms with Crippen LogP contribution in [0.1, 0.15) is 12.8 Å². The predicted molar refractivity (Wildman–Crippen MR) is 32.6 cm³/mol. The maximum absolute atomic E-state index is 11.8. The molecule has 0 unspecified atom stereocenters. The molecule has 0 radical (unpaired) electrons. The molecular weight excluding hydrogens is 144 g/mol. The number of rotatable bonds is 2. The maximum atomic E-state index is 11.8. The van der Waals surface area contributed by atoms with Crippen molar-refractivity contribution >= 4 is 6.98 Å². The molecule has 0 spiro atoms. The molecule has 1 nitrogen and oxygen atoms in total. The molecule has 0 bridgehead atoms. The van der Waals surface area contributed by atoms with E-state index in [0.29, 0.717) is 0 Å². The Balaban J connectivity index is 2.26. The van der Waals surface area contributed by atoms with Crippen LogP contribution in [-0.4, -0.2) is 18.7 Å². The van der Waals surface area contributed by atoms with E-state index in [2.05, 4.69) is 0 Å². The Morgan fingerprint density at radius 2 is 1.80 bits per heavy atom. The van der Waals surface area contributed by atoms with Crippen LogP contribution in [0.25, 0.3) is 0 Å². The van der Waals surface area contributed by atoms with Gasteiger partial charge in [0.15, 0.2) is 0 Å². The molecule has 0 aromatic rings. The summed E-state index contributed by atoms with van der Waals surface area (Å²) in [6.45, 7) is -4.72. The van der Waals surface area contributed by atoms with Crippen molar-refractivity contribution in [3.8, 4) is 0 Å². The Hall–Kier alpha value is -0.185. The van der Waals surface area contributed by atoms with Crippen LogP contribution < -0.4 is 0 Å². The third-order valence-electron chi connectivity index (χ3n) is 2.06. The number of aliphatic hydroxyl groups is 1. The first kappa shape index (κ1) is 7.92. The molecule has 0 aromatic heterocycles. The zero-order valence-corrected chi connectivity index (χ0v) is 5.43. The first-order valence-electron chi connectivity index (χ1n) is 3.35. The molecule has 0 aromatic carbocycles. The molecule has 1 aliphatic carbocycles. The molecule has 1 aliphatic rings. The van der Waals surface area contributed by atoms with Crippen molar-refractivity contribution in [1.82, 2.24) is 0 Å². The second kappa shape index (κ2) is 2.45. The summed E-state index contributed by atoms with van der Waals surface area (Å²) in [5, 5.41) is 8.41. The van der Waals surface area contributed by atoms with Gasteiger partial charge in [0, 0.05) is 6.61 Å². The third kappa shape index (κ3) is 1.45. The summed E-state index contributed by atoms with van der Waals surface area (Å²) in [6.07, 6.45) is 0.278. The van der Waals surface area contributed by atoms with Gasteiger partial charge < -0.3 is 18.1 Å². The number of hydrogen-bond donors (Lipinski definition) is 1. The minimum Gasteiger partial charge on any atom is -0.449 e. The molecule has 0 saturated heterocycles. The van der Waals surface area contributed by atoms with Crippen LogP contribution in [0.3, 0.4) is 0 Å². The SMILES string of the molecule is OCC1CC([B-](F)(F)F)C1. The van der Waals surface area contributed by atoms with E-state index in [9.17, 15) is 12.9 Å². The minimum absolute atomic E-state index is 0.0894. The predicted octanol–water partition coefficient (Wildman–Crippen LogP) is 1.61. The van der Waals surface area contributed by atoms with Gasteiger partial charge in [-0.15, -0.1) is 0 Å². The first-order chi connectivity index (χ1) is 4.54. The summed E-state index contributed by atoms with van der Waals surface area (Å²) < 4.78 is 35.4. The molecule has 1 N–H and O–H groups in total. The largest absolute Gasteiger partial charge is 0.481 e. The Kier molecular flexibility index (Phi) is 1.94. The highest BCUT2D eigenvalue weighted by Gasteiger charge is 2.42. The van der Waals surface area contributed by atoms with Crippen LogP contribution in [0.2, 0.25) is 5.82 Å². The third-order valence-corrected chi connectivity index (χ3v) is 2.06. The van der Waals surface area contributed by atoms with Gasteiger partial charge in [0.2, 0.25) is 0 Å². The lowest BCUT2D eigenvalue weighted by Gasteiger charge is -2.40. The zero-order valence-electron chi connectivity index (χ0n) is 5.43. The lowest BCUT2D eigenvalue weighted by atomic mass is 9.56. The molecule has 10 heavy (non-hydrogen) atoms. The Morgan fingerprint density at radius 1 is 1.30 bits per heavy atom. The fourth-order valence-electron chi connectivity index (χ4n) is 1.24. The van der Waals surface area contributed by atoms with Crippen LogP contribution in [0, 0.1) is 5.92 Å². The minimum atomic E-state index is -4.62. The molecule has 0 atom stereocenters. The quantitative estimate of drug-likeness (QED) is 0.597. The fraction of sp³-hybridized carbons (Fsp3) is 1.00. The van der Waals surface area contributed by atoms with Crippen LogP contribution >= 0.6 is 0 Å². The highest BCUT2D eigenvalue weighted by Crippen LogP contribution is 2.46. The molecule has 1 saturated carbocycles. The van der Waals surface area contributed by atoms with E-state index in [1.165, 1.54) is 0 Å². The zero-order chi connectivity index (χ0) is 7.78. The van der Waals surface area contributed by atoms with Gasteiger partial charge in [-0.1, -0.05) is 18.7 Å². The summed E-state index contributed by atoms with van der Waals surface area (Å²) in [5.74, 6) is -1.18. The molecule has 0 aliphatic heterocycles. The van der Waals surface area contributed by atoms with E-state index < -0.39 is 12.8 Å². The van der Waals surface area contributed by atoms with Gasteiger partial charge in [0.25, 0.3) is 0 Å². The van der Waals surface area contributed by atoms with E-state index in [0.717, 1.165) is 0 Å². The van der Waals surface area contributed by atoms with Gasteiger partial charge in [-0.05, 0) is 5.92 Å². The van der Waals surface area contributed by atoms with Gasteiger partial charge in [0.1, 0.15) is 0 Å². The molecule has 5 heteroatoms. The molecule has 1 fully saturated rings. The summed E-state index contributed by atoms with van der Waals surface area (Å²) in [5.41, 5.74) is 0. The van der Waals surface area contributed by atoms with Gasteiger partial charge >= 0.3 is 6.98 Å². The standard InChI is InChI=1S/C5H9BF3O/c7-6(8,9)5-1-4(2-5)3-10/h4-5,10H,1-3H2/q-1. The lowest BCUT2D eigenvalue weighted by molar-refractivity contribution is 0.147. The highest BCUT2D eigenvalue weighted by atomic mass is 19.4. The average Bonchev–Trinajstić information content (AvgIpc) is 1.57. The van der Waals surface area contributed by atoms with Crippen molar-refractivity contribution in [2.45, 2.75) is 18.7 Å². The van der Waals surface area contributed by atoms with Crippen LogP contribution in [-0.2, 0) is 0 Å². The van der Waals surface area contributed by atoms with Crippen molar-refractivity contribution in [3.63, 3.8) is 0 Å². The van der Waals surface area contributed by atoms with Crippen molar-refractivity contribution in [2.75, 3.05) is 6.61 Å². The van der Waals surface area contributed by atoms with Gasteiger partial charge in [0.05, 0.1) is 0 Å². The van der Waals surface area contributed by atoms with Gasteiger partial charge in [-0.3, -0.25) is 0 Å². The first-order valence-corrected chi connectivity index (χ1v) is 3.35. The second-order valence-electron chi connectivity index (χ2n) is 2.91. The van der Waals surface area contributed by atoms with Crippen molar-refractivity contribution in [1.29, 1.82) is 0 Å². The Morgan fingerprint density at radius 3 is 2.10 bits per heavy atom. The molecule has 0 heterocycles. The average molecular weight is 153 g/mol. The van der Waals surface area contributed by atoms with Crippen LogP contribution in [0.5, 0.6) is 0 Å². The monoisotopic (exact) mass is 153 g/mol. The van der Waals surface area contributed by atoms with Gasteiger partial charge in [-0.2, -0.15) is 0 Å². The second-order valence-corrected chi connectivity index (χ2v) is 2.91. The Bertz CT molecular complexity index is 119. The van der Waals surface area contributed by atoms with Crippen molar-refractivity contribution in [3.05, 3.63) is 0 Å². The fourth-order valence-corrected chi connectivity index (χ4v) is 1.24. The number of aliphatic hydroxyl groups excluding tert-OH is 1. The van der Waals surface area contributed by atoms with Crippen molar-refractivity contribution in [2.24, 2.45) is 5.92 Å². The van der Waals surface area contributed by atoms with Crippen LogP contribution in [0.15, 0.2) is 0 Å². The normalized spacial score (nSPS) is 33.6. The van der Waals surface area contributed by atoms with E-state index in [1.54, 1.807) is 0 Å². The van der Waals surface area contributed by atoms with E-state index in [1.807, 2.05) is 0 Å². The molecule has 0 amide bonds. The smallest absolute Gasteiger partial charge is 0.449 e. The molecular formula is C5H9BF3O-. The van der Waals surface area contributed by atoms with E-state index >= 15 is 0 Å². The maximum Gasteiger partial charge on any atom is 0.481 e. The summed E-state index contributed by atoms with van der Waals surface area (Å²) in [6, 6.07) is 0. The number of halogens is 3. The Labute approximate surface area is 57.3 Å². The van der Waals surface area contributed by atoms with Crippen LogP contribution in [0.4, 0.5) is 12.9 Å².